The van der Waals surface area contributed by atoms with Gasteiger partial charge in [0.2, 0.25) is 5.88 Å². The molecular weight excluding hydrogens is 295 g/mol. The zero-order valence-corrected chi connectivity index (χ0v) is 12.2. The quantitative estimate of drug-likeness (QED) is 0.934. The number of benzene rings is 1. The standard InChI is InChI=1S/C14H12ClFN4O/c1-3-21-14-8(2)13(18-7-19-14)20-12-10(15)4-9(6-17)5-11(12)16/h4-5,7H,3H2,1-2H3,(H,18,19,20). The van der Waals surface area contributed by atoms with Crippen LogP contribution in [0.2, 0.25) is 5.02 Å². The minimum absolute atomic E-state index is 0.0555. The summed E-state index contributed by atoms with van der Waals surface area (Å²) in [6.45, 7) is 4.05. The number of hydrogen-bond donors (Lipinski definition) is 1. The van der Waals surface area contributed by atoms with Gasteiger partial charge >= 0.3 is 0 Å². The number of nitrogens with one attached hydrogen (secondary N) is 1. The molecule has 1 heterocycles. The minimum atomic E-state index is -0.630. The molecule has 1 aromatic carbocycles. The van der Waals surface area contributed by atoms with Crippen LogP contribution in [0.5, 0.6) is 5.88 Å². The summed E-state index contributed by atoms with van der Waals surface area (Å²) in [6.07, 6.45) is 1.32. The second-order valence-electron chi connectivity index (χ2n) is 4.14. The second-order valence-corrected chi connectivity index (χ2v) is 4.54. The Balaban J connectivity index is 2.39. The molecule has 21 heavy (non-hydrogen) atoms. The number of rotatable bonds is 4. The number of halogens is 2. The van der Waals surface area contributed by atoms with Gasteiger partial charge in [0.1, 0.15) is 18.0 Å². The van der Waals surface area contributed by atoms with E-state index in [1.165, 1.54) is 12.4 Å². The van der Waals surface area contributed by atoms with Crippen molar-refractivity contribution in [3.05, 3.63) is 40.4 Å². The molecule has 2 aromatic rings. The Hall–Kier alpha value is -2.39. The van der Waals surface area contributed by atoms with E-state index in [1.807, 2.05) is 13.0 Å². The van der Waals surface area contributed by atoms with Crippen molar-refractivity contribution in [1.82, 2.24) is 9.97 Å². The van der Waals surface area contributed by atoms with E-state index in [4.69, 9.17) is 21.6 Å². The van der Waals surface area contributed by atoms with E-state index in [-0.39, 0.29) is 16.3 Å². The first-order chi connectivity index (χ1) is 10.1. The van der Waals surface area contributed by atoms with Crippen LogP contribution in [-0.2, 0) is 0 Å². The molecule has 0 aliphatic carbocycles. The third-order valence-electron chi connectivity index (χ3n) is 2.73. The van der Waals surface area contributed by atoms with Crippen LogP contribution >= 0.6 is 11.6 Å². The average molecular weight is 307 g/mol. The van der Waals surface area contributed by atoms with Gasteiger partial charge in [-0.15, -0.1) is 0 Å². The molecule has 7 heteroatoms. The highest BCUT2D eigenvalue weighted by Gasteiger charge is 2.14. The van der Waals surface area contributed by atoms with Gasteiger partial charge in [-0.25, -0.2) is 14.4 Å². The summed E-state index contributed by atoms with van der Waals surface area (Å²) in [5, 5.41) is 11.7. The molecule has 0 saturated heterocycles. The van der Waals surface area contributed by atoms with Crippen molar-refractivity contribution >= 4 is 23.1 Å². The summed E-state index contributed by atoms with van der Waals surface area (Å²) < 4.78 is 19.3. The van der Waals surface area contributed by atoms with E-state index in [2.05, 4.69) is 15.3 Å². The molecule has 0 atom stereocenters. The van der Waals surface area contributed by atoms with Crippen molar-refractivity contribution < 1.29 is 9.13 Å². The van der Waals surface area contributed by atoms with Crippen molar-refractivity contribution in [3.63, 3.8) is 0 Å². The average Bonchev–Trinajstić information content (AvgIpc) is 2.46. The Bertz CT molecular complexity index is 692. The Morgan fingerprint density at radius 3 is 2.81 bits per heavy atom. The Kier molecular flexibility index (Phi) is 4.55. The lowest BCUT2D eigenvalue weighted by Crippen LogP contribution is -2.04. The van der Waals surface area contributed by atoms with Crippen LogP contribution in [0, 0.1) is 24.1 Å². The number of aromatic nitrogens is 2. The predicted octanol–water partition coefficient (Wildman–Crippen LogP) is 3.59. The molecule has 0 unspecified atom stereocenters. The normalized spacial score (nSPS) is 10.0. The summed E-state index contributed by atoms with van der Waals surface area (Å²) in [4.78, 5) is 8.05. The van der Waals surface area contributed by atoms with Crippen LogP contribution in [0.15, 0.2) is 18.5 Å². The Labute approximate surface area is 126 Å². The van der Waals surface area contributed by atoms with E-state index < -0.39 is 5.82 Å². The van der Waals surface area contributed by atoms with Gasteiger partial charge in [0.05, 0.1) is 34.5 Å². The number of anilines is 2. The molecule has 0 radical (unpaired) electrons. The largest absolute Gasteiger partial charge is 0.478 e. The van der Waals surface area contributed by atoms with Crippen molar-refractivity contribution in [2.24, 2.45) is 0 Å². The summed E-state index contributed by atoms with van der Waals surface area (Å²) in [5.74, 6) is 0.175. The smallest absolute Gasteiger partial charge is 0.221 e. The van der Waals surface area contributed by atoms with Gasteiger partial charge in [-0.2, -0.15) is 5.26 Å². The van der Waals surface area contributed by atoms with Gasteiger partial charge in [-0.3, -0.25) is 0 Å². The van der Waals surface area contributed by atoms with E-state index in [0.717, 1.165) is 6.07 Å². The Morgan fingerprint density at radius 2 is 2.19 bits per heavy atom. The molecule has 0 amide bonds. The van der Waals surface area contributed by atoms with Crippen LogP contribution in [0.25, 0.3) is 0 Å². The first kappa shape index (κ1) is 15.0. The van der Waals surface area contributed by atoms with E-state index >= 15 is 0 Å². The van der Waals surface area contributed by atoms with Gasteiger partial charge in [0, 0.05) is 0 Å². The fourth-order valence-corrected chi connectivity index (χ4v) is 1.97. The summed E-state index contributed by atoms with van der Waals surface area (Å²) in [7, 11) is 0. The number of nitriles is 1. The van der Waals surface area contributed by atoms with E-state index in [1.54, 1.807) is 6.92 Å². The molecule has 0 fully saturated rings. The van der Waals surface area contributed by atoms with Gasteiger partial charge in [-0.05, 0) is 26.0 Å². The van der Waals surface area contributed by atoms with Crippen LogP contribution in [0.4, 0.5) is 15.9 Å². The lowest BCUT2D eigenvalue weighted by atomic mass is 10.2. The zero-order chi connectivity index (χ0) is 15.4. The highest BCUT2D eigenvalue weighted by molar-refractivity contribution is 6.33. The maximum atomic E-state index is 14.0. The van der Waals surface area contributed by atoms with Crippen LogP contribution in [0.1, 0.15) is 18.1 Å². The van der Waals surface area contributed by atoms with Crippen molar-refractivity contribution in [3.8, 4) is 11.9 Å². The monoisotopic (exact) mass is 306 g/mol. The molecule has 0 spiro atoms. The lowest BCUT2D eigenvalue weighted by Gasteiger charge is -2.13. The van der Waals surface area contributed by atoms with Crippen LogP contribution < -0.4 is 10.1 Å². The molecule has 1 N–H and O–H groups in total. The van der Waals surface area contributed by atoms with Crippen molar-refractivity contribution in [2.45, 2.75) is 13.8 Å². The lowest BCUT2D eigenvalue weighted by molar-refractivity contribution is 0.324. The van der Waals surface area contributed by atoms with Crippen LogP contribution in [-0.4, -0.2) is 16.6 Å². The number of hydrogen-bond acceptors (Lipinski definition) is 5. The number of ether oxygens (including phenoxy) is 1. The highest BCUT2D eigenvalue weighted by Crippen LogP contribution is 2.31. The fourth-order valence-electron chi connectivity index (χ4n) is 1.72. The summed E-state index contributed by atoms with van der Waals surface area (Å²) >= 11 is 5.99. The van der Waals surface area contributed by atoms with Gasteiger partial charge in [0.25, 0.3) is 0 Å². The zero-order valence-electron chi connectivity index (χ0n) is 11.4. The molecule has 2 rings (SSSR count). The topological polar surface area (TPSA) is 70.8 Å². The summed E-state index contributed by atoms with van der Waals surface area (Å²) in [5.41, 5.74) is 0.844. The summed E-state index contributed by atoms with van der Waals surface area (Å²) in [6, 6.07) is 4.33. The maximum absolute atomic E-state index is 14.0. The Morgan fingerprint density at radius 1 is 1.43 bits per heavy atom. The van der Waals surface area contributed by atoms with Gasteiger partial charge < -0.3 is 10.1 Å². The van der Waals surface area contributed by atoms with Crippen molar-refractivity contribution in [2.75, 3.05) is 11.9 Å². The van der Waals surface area contributed by atoms with Gasteiger partial charge in [-0.1, -0.05) is 11.6 Å². The fraction of sp³-hybridized carbons (Fsp3) is 0.214. The molecule has 0 aliphatic rings. The third kappa shape index (κ3) is 3.20. The molecular formula is C14H12ClFN4O. The molecule has 5 nitrogen and oxygen atoms in total. The third-order valence-corrected chi connectivity index (χ3v) is 3.03. The minimum Gasteiger partial charge on any atom is -0.478 e. The van der Waals surface area contributed by atoms with E-state index in [9.17, 15) is 4.39 Å². The second kappa shape index (κ2) is 6.37. The SMILES string of the molecule is CCOc1ncnc(Nc2c(F)cc(C#N)cc2Cl)c1C. The molecule has 1 aromatic heterocycles. The first-order valence-corrected chi connectivity index (χ1v) is 6.55. The molecule has 0 aliphatic heterocycles. The van der Waals surface area contributed by atoms with Crippen LogP contribution in [0.3, 0.4) is 0 Å². The number of nitrogens with zero attached hydrogens (tertiary/aromatic N) is 3. The molecule has 0 bridgehead atoms. The molecule has 108 valence electrons. The highest BCUT2D eigenvalue weighted by atomic mass is 35.5. The maximum Gasteiger partial charge on any atom is 0.221 e. The van der Waals surface area contributed by atoms with Gasteiger partial charge in [0.15, 0.2) is 0 Å². The van der Waals surface area contributed by atoms with Crippen molar-refractivity contribution in [1.29, 1.82) is 5.26 Å². The molecule has 0 saturated carbocycles. The van der Waals surface area contributed by atoms with E-state index in [0.29, 0.717) is 23.9 Å². The first-order valence-electron chi connectivity index (χ1n) is 6.17. The predicted molar refractivity (Wildman–Crippen MR) is 77.3 cm³/mol.